The van der Waals surface area contributed by atoms with Gasteiger partial charge in [0.25, 0.3) is 5.91 Å². The summed E-state index contributed by atoms with van der Waals surface area (Å²) in [5.41, 5.74) is 2.06. The maximum absolute atomic E-state index is 12.1. The lowest BCUT2D eigenvalue weighted by Gasteiger charge is -2.06. The lowest BCUT2D eigenvalue weighted by molar-refractivity contribution is 0.0701. The molecule has 0 bridgehead atoms. The minimum atomic E-state index is -0.996. The molecule has 1 aromatic heterocycles. The first-order valence-corrected chi connectivity index (χ1v) is 7.73. The first kappa shape index (κ1) is 15.7. The van der Waals surface area contributed by atoms with E-state index in [9.17, 15) is 9.59 Å². The number of thiazole rings is 1. The summed E-state index contributed by atoms with van der Waals surface area (Å²) in [4.78, 5) is 27.4. The number of nitrogens with zero attached hydrogens (tertiary/aromatic N) is 1. The Kier molecular flexibility index (Phi) is 4.74. The van der Waals surface area contributed by atoms with Crippen LogP contribution >= 0.6 is 27.3 Å². The molecule has 0 spiro atoms. The number of rotatable bonds is 4. The number of amides is 1. The molecule has 0 aliphatic rings. The van der Waals surface area contributed by atoms with E-state index in [1.54, 1.807) is 13.0 Å². The Labute approximate surface area is 134 Å². The van der Waals surface area contributed by atoms with Gasteiger partial charge in [-0.25, -0.2) is 9.78 Å². The number of carboxylic acids is 1. The van der Waals surface area contributed by atoms with Gasteiger partial charge in [-0.3, -0.25) is 4.79 Å². The molecule has 0 unspecified atom stereocenters. The topological polar surface area (TPSA) is 79.3 Å². The van der Waals surface area contributed by atoms with E-state index in [1.807, 2.05) is 19.1 Å². The Morgan fingerprint density at radius 2 is 2.10 bits per heavy atom. The van der Waals surface area contributed by atoms with Crippen molar-refractivity contribution in [2.75, 3.05) is 0 Å². The number of aromatic carboxylic acids is 1. The standard InChI is InChI=1S/C14H13BrN2O3S/c1-7-3-4-9(10(15)5-7)13(18)16-6-11-17-8(2)12(21-11)14(19)20/h3-5H,6H2,1-2H3,(H,16,18)(H,19,20). The molecule has 1 heterocycles. The van der Waals surface area contributed by atoms with Crippen LogP contribution in [0, 0.1) is 13.8 Å². The van der Waals surface area contributed by atoms with Crippen molar-refractivity contribution in [3.05, 3.63) is 49.4 Å². The molecule has 0 saturated heterocycles. The van der Waals surface area contributed by atoms with Crippen LogP contribution in [0.3, 0.4) is 0 Å². The van der Waals surface area contributed by atoms with Crippen molar-refractivity contribution in [2.24, 2.45) is 0 Å². The zero-order chi connectivity index (χ0) is 15.6. The molecule has 0 fully saturated rings. The summed E-state index contributed by atoms with van der Waals surface area (Å²) in [7, 11) is 0. The Morgan fingerprint density at radius 3 is 2.67 bits per heavy atom. The Morgan fingerprint density at radius 1 is 1.38 bits per heavy atom. The molecule has 2 N–H and O–H groups in total. The molecule has 110 valence electrons. The molecule has 2 aromatic rings. The van der Waals surface area contributed by atoms with Crippen molar-refractivity contribution in [3.8, 4) is 0 Å². The van der Waals surface area contributed by atoms with E-state index < -0.39 is 5.97 Å². The summed E-state index contributed by atoms with van der Waals surface area (Å²) < 4.78 is 0.724. The summed E-state index contributed by atoms with van der Waals surface area (Å²) in [5.74, 6) is -1.23. The van der Waals surface area contributed by atoms with Gasteiger partial charge in [0.1, 0.15) is 9.88 Å². The third-order valence-electron chi connectivity index (χ3n) is 2.80. The number of benzene rings is 1. The molecular weight excluding hydrogens is 356 g/mol. The van der Waals surface area contributed by atoms with Gasteiger partial charge in [0.2, 0.25) is 0 Å². The first-order valence-electron chi connectivity index (χ1n) is 6.12. The molecule has 0 aliphatic heterocycles. The highest BCUT2D eigenvalue weighted by Gasteiger charge is 2.15. The molecule has 21 heavy (non-hydrogen) atoms. The second-order valence-corrected chi connectivity index (χ2v) is 6.43. The maximum Gasteiger partial charge on any atom is 0.347 e. The van der Waals surface area contributed by atoms with Crippen LogP contribution in [0.5, 0.6) is 0 Å². The second kappa shape index (κ2) is 6.36. The number of nitrogens with one attached hydrogen (secondary N) is 1. The van der Waals surface area contributed by atoms with Gasteiger partial charge in [0.05, 0.1) is 17.8 Å². The van der Waals surface area contributed by atoms with Crippen LogP contribution in [-0.4, -0.2) is 22.0 Å². The van der Waals surface area contributed by atoms with Crippen LogP contribution in [0.1, 0.15) is 36.3 Å². The number of aromatic nitrogens is 1. The third-order valence-corrected chi connectivity index (χ3v) is 4.61. The summed E-state index contributed by atoms with van der Waals surface area (Å²) >= 11 is 4.43. The molecule has 0 radical (unpaired) electrons. The summed E-state index contributed by atoms with van der Waals surface area (Å²) in [5, 5.41) is 12.3. The number of carbonyl (C=O) groups is 2. The number of halogens is 1. The predicted molar refractivity (Wildman–Crippen MR) is 83.9 cm³/mol. The number of carboxylic acid groups (broad SMARTS) is 1. The lowest BCUT2D eigenvalue weighted by Crippen LogP contribution is -2.23. The molecule has 5 nitrogen and oxygen atoms in total. The van der Waals surface area contributed by atoms with Gasteiger partial charge in [-0.2, -0.15) is 0 Å². The highest BCUT2D eigenvalue weighted by atomic mass is 79.9. The van der Waals surface area contributed by atoms with Gasteiger partial charge in [0, 0.05) is 4.47 Å². The van der Waals surface area contributed by atoms with Crippen LogP contribution in [0.2, 0.25) is 0 Å². The van der Waals surface area contributed by atoms with Gasteiger partial charge in [0.15, 0.2) is 0 Å². The molecule has 7 heteroatoms. The monoisotopic (exact) mass is 368 g/mol. The Hall–Kier alpha value is -1.73. The van der Waals surface area contributed by atoms with Crippen molar-refractivity contribution in [1.29, 1.82) is 0 Å². The predicted octanol–water partition coefficient (Wildman–Crippen LogP) is 3.15. The fraction of sp³-hybridized carbons (Fsp3) is 0.214. The van der Waals surface area contributed by atoms with Crippen LogP contribution in [0.25, 0.3) is 0 Å². The average Bonchev–Trinajstić information content (AvgIpc) is 2.77. The van der Waals surface area contributed by atoms with Crippen molar-refractivity contribution < 1.29 is 14.7 Å². The highest BCUT2D eigenvalue weighted by molar-refractivity contribution is 9.10. The smallest absolute Gasteiger partial charge is 0.347 e. The molecule has 1 aromatic carbocycles. The normalized spacial score (nSPS) is 10.4. The minimum Gasteiger partial charge on any atom is -0.477 e. The summed E-state index contributed by atoms with van der Waals surface area (Å²) in [6, 6.07) is 5.46. The van der Waals surface area contributed by atoms with E-state index in [0.29, 0.717) is 16.3 Å². The van der Waals surface area contributed by atoms with Crippen molar-refractivity contribution in [1.82, 2.24) is 10.3 Å². The van der Waals surface area contributed by atoms with Gasteiger partial charge in [-0.15, -0.1) is 11.3 Å². The maximum atomic E-state index is 12.1. The third kappa shape index (κ3) is 3.68. The fourth-order valence-corrected chi connectivity index (χ4v) is 3.30. The molecule has 0 saturated carbocycles. The van der Waals surface area contributed by atoms with E-state index in [2.05, 4.69) is 26.2 Å². The number of hydrogen-bond donors (Lipinski definition) is 2. The zero-order valence-corrected chi connectivity index (χ0v) is 13.8. The zero-order valence-electron chi connectivity index (χ0n) is 11.4. The van der Waals surface area contributed by atoms with Crippen molar-refractivity contribution in [3.63, 3.8) is 0 Å². The quantitative estimate of drug-likeness (QED) is 0.868. The summed E-state index contributed by atoms with van der Waals surface area (Å²) in [6.07, 6.45) is 0. The number of aryl methyl sites for hydroxylation is 2. The molecule has 0 aliphatic carbocycles. The Bertz CT molecular complexity index is 712. The Balaban J connectivity index is 2.07. The number of hydrogen-bond acceptors (Lipinski definition) is 4. The van der Waals surface area contributed by atoms with E-state index in [4.69, 9.17) is 5.11 Å². The largest absolute Gasteiger partial charge is 0.477 e. The molecule has 0 atom stereocenters. The van der Waals surface area contributed by atoms with Crippen LogP contribution in [-0.2, 0) is 6.54 Å². The van der Waals surface area contributed by atoms with E-state index >= 15 is 0 Å². The lowest BCUT2D eigenvalue weighted by atomic mass is 10.1. The van der Waals surface area contributed by atoms with Gasteiger partial charge < -0.3 is 10.4 Å². The molecule has 2 rings (SSSR count). The van der Waals surface area contributed by atoms with Crippen LogP contribution in [0.15, 0.2) is 22.7 Å². The molecule has 1 amide bonds. The highest BCUT2D eigenvalue weighted by Crippen LogP contribution is 2.20. The number of carbonyl (C=O) groups excluding carboxylic acids is 1. The van der Waals surface area contributed by atoms with Crippen LogP contribution < -0.4 is 5.32 Å². The molecular formula is C14H13BrN2O3S. The minimum absolute atomic E-state index is 0.204. The second-order valence-electron chi connectivity index (χ2n) is 4.49. The van der Waals surface area contributed by atoms with E-state index in [1.165, 1.54) is 0 Å². The van der Waals surface area contributed by atoms with Gasteiger partial charge in [-0.05, 0) is 47.5 Å². The van der Waals surface area contributed by atoms with Gasteiger partial charge >= 0.3 is 5.97 Å². The van der Waals surface area contributed by atoms with E-state index in [0.717, 1.165) is 21.4 Å². The van der Waals surface area contributed by atoms with Crippen LogP contribution in [0.4, 0.5) is 0 Å². The van der Waals surface area contributed by atoms with Crippen molar-refractivity contribution >= 4 is 39.1 Å². The first-order chi connectivity index (χ1) is 9.88. The van der Waals surface area contributed by atoms with Crippen molar-refractivity contribution in [2.45, 2.75) is 20.4 Å². The van der Waals surface area contributed by atoms with E-state index in [-0.39, 0.29) is 17.3 Å². The summed E-state index contributed by atoms with van der Waals surface area (Å²) in [6.45, 7) is 3.79. The SMILES string of the molecule is Cc1ccc(C(=O)NCc2nc(C)c(C(=O)O)s2)c(Br)c1. The van der Waals surface area contributed by atoms with Gasteiger partial charge in [-0.1, -0.05) is 6.07 Å². The fourth-order valence-electron chi connectivity index (χ4n) is 1.78. The average molecular weight is 369 g/mol.